The molecule has 0 unspecified atom stereocenters. The minimum Gasteiger partial charge on any atom is -0.345 e. The first-order chi connectivity index (χ1) is 12.0. The van der Waals surface area contributed by atoms with Crippen LogP contribution in [0.25, 0.3) is 11.5 Å². The molecule has 1 amide bonds. The van der Waals surface area contributed by atoms with Crippen molar-refractivity contribution in [3.05, 3.63) is 52.6 Å². The molecule has 0 saturated carbocycles. The summed E-state index contributed by atoms with van der Waals surface area (Å²) in [6.07, 6.45) is 3.40. The molecule has 0 fully saturated rings. The maximum absolute atomic E-state index is 12.5. The molecule has 0 spiro atoms. The zero-order chi connectivity index (χ0) is 17.6. The molecule has 0 radical (unpaired) electrons. The van der Waals surface area contributed by atoms with Crippen molar-refractivity contribution >= 4 is 5.91 Å². The van der Waals surface area contributed by atoms with Crippen molar-refractivity contribution in [1.29, 1.82) is 0 Å². The Balaban J connectivity index is 1.56. The van der Waals surface area contributed by atoms with Crippen molar-refractivity contribution in [1.82, 2.24) is 25.2 Å². The summed E-state index contributed by atoms with van der Waals surface area (Å²) in [5.41, 5.74) is 4.75. The summed E-state index contributed by atoms with van der Waals surface area (Å²) in [4.78, 5) is 16.8. The molecule has 25 heavy (non-hydrogen) atoms. The third-order valence-corrected chi connectivity index (χ3v) is 4.78. The van der Waals surface area contributed by atoms with E-state index in [4.69, 9.17) is 4.52 Å². The highest BCUT2D eigenvalue weighted by molar-refractivity contribution is 5.95. The first-order valence-electron chi connectivity index (χ1n) is 8.26. The fourth-order valence-corrected chi connectivity index (χ4v) is 3.27. The average molecular weight is 337 g/mol. The normalized spacial score (nSPS) is 16.0. The lowest BCUT2D eigenvalue weighted by atomic mass is 10.0. The Bertz CT molecular complexity index is 956. The predicted octanol–water partition coefficient (Wildman–Crippen LogP) is 2.50. The summed E-state index contributed by atoms with van der Waals surface area (Å²) < 4.78 is 6.94. The molecule has 1 aliphatic rings. The van der Waals surface area contributed by atoms with Gasteiger partial charge < -0.3 is 9.84 Å². The third kappa shape index (κ3) is 2.71. The Hall–Kier alpha value is -2.96. The molecule has 7 nitrogen and oxygen atoms in total. The molecule has 4 rings (SSSR count). The SMILES string of the molecule is Cc1noc(-c2ccc3c(c2)CC[C@H]3NC(=O)c2cnn(C)c2C)n1. The number of aromatic nitrogens is 4. The summed E-state index contributed by atoms with van der Waals surface area (Å²) in [6, 6.07) is 6.09. The highest BCUT2D eigenvalue weighted by Crippen LogP contribution is 2.34. The van der Waals surface area contributed by atoms with E-state index in [9.17, 15) is 4.79 Å². The third-order valence-electron chi connectivity index (χ3n) is 4.78. The number of benzene rings is 1. The maximum Gasteiger partial charge on any atom is 0.257 e. The molecule has 1 aliphatic carbocycles. The number of hydrogen-bond donors (Lipinski definition) is 1. The van der Waals surface area contributed by atoms with Gasteiger partial charge in [-0.25, -0.2) is 0 Å². The van der Waals surface area contributed by atoms with Crippen molar-refractivity contribution in [3.8, 4) is 11.5 Å². The van der Waals surface area contributed by atoms with Crippen molar-refractivity contribution in [2.24, 2.45) is 7.05 Å². The Morgan fingerprint density at radius 2 is 2.20 bits per heavy atom. The minimum atomic E-state index is -0.0833. The molecule has 0 bridgehead atoms. The second-order valence-corrected chi connectivity index (χ2v) is 6.39. The number of aryl methyl sites for hydroxylation is 3. The van der Waals surface area contributed by atoms with Crippen LogP contribution in [0.2, 0.25) is 0 Å². The van der Waals surface area contributed by atoms with Gasteiger partial charge in [-0.3, -0.25) is 9.48 Å². The fraction of sp³-hybridized carbons (Fsp3) is 0.333. The van der Waals surface area contributed by atoms with E-state index in [1.165, 1.54) is 5.56 Å². The summed E-state index contributed by atoms with van der Waals surface area (Å²) in [7, 11) is 1.83. The second kappa shape index (κ2) is 5.84. The van der Waals surface area contributed by atoms with Gasteiger partial charge in [0.2, 0.25) is 0 Å². The number of hydrogen-bond acceptors (Lipinski definition) is 5. The Morgan fingerprint density at radius 3 is 2.88 bits per heavy atom. The number of amides is 1. The molecule has 0 aliphatic heterocycles. The van der Waals surface area contributed by atoms with E-state index in [1.807, 2.05) is 26.1 Å². The molecular formula is C18H19N5O2. The van der Waals surface area contributed by atoms with E-state index in [-0.39, 0.29) is 11.9 Å². The number of nitrogens with one attached hydrogen (secondary N) is 1. The molecule has 2 aromatic heterocycles. The van der Waals surface area contributed by atoms with Crippen LogP contribution in [0, 0.1) is 13.8 Å². The second-order valence-electron chi connectivity index (χ2n) is 6.39. The molecule has 1 aromatic carbocycles. The van der Waals surface area contributed by atoms with Crippen LogP contribution < -0.4 is 5.32 Å². The Kier molecular flexibility index (Phi) is 3.63. The molecule has 128 valence electrons. The number of carbonyl (C=O) groups is 1. The van der Waals surface area contributed by atoms with Gasteiger partial charge in [-0.15, -0.1) is 0 Å². The number of carbonyl (C=O) groups excluding carboxylic acids is 1. The largest absolute Gasteiger partial charge is 0.345 e. The first kappa shape index (κ1) is 15.6. The number of nitrogens with zero attached hydrogens (tertiary/aromatic N) is 4. The van der Waals surface area contributed by atoms with Gasteiger partial charge in [-0.2, -0.15) is 10.1 Å². The summed E-state index contributed by atoms with van der Waals surface area (Å²) in [5, 5.41) is 11.1. The maximum atomic E-state index is 12.5. The van der Waals surface area contributed by atoms with Crippen LogP contribution in [0.5, 0.6) is 0 Å². The zero-order valence-corrected chi connectivity index (χ0v) is 14.4. The highest BCUT2D eigenvalue weighted by atomic mass is 16.5. The topological polar surface area (TPSA) is 85.8 Å². The van der Waals surface area contributed by atoms with Crippen LogP contribution in [0.15, 0.2) is 28.9 Å². The molecule has 2 heterocycles. The molecule has 7 heteroatoms. The van der Waals surface area contributed by atoms with E-state index < -0.39 is 0 Å². The van der Waals surface area contributed by atoms with Gasteiger partial charge in [0.05, 0.1) is 17.8 Å². The smallest absolute Gasteiger partial charge is 0.257 e. The summed E-state index contributed by atoms with van der Waals surface area (Å²) >= 11 is 0. The van der Waals surface area contributed by atoms with Gasteiger partial charge in [0.25, 0.3) is 11.8 Å². The molecular weight excluding hydrogens is 318 g/mol. The Labute approximate surface area is 145 Å². The lowest BCUT2D eigenvalue weighted by Gasteiger charge is -2.14. The van der Waals surface area contributed by atoms with Crippen molar-refractivity contribution in [2.75, 3.05) is 0 Å². The first-order valence-corrected chi connectivity index (χ1v) is 8.26. The van der Waals surface area contributed by atoms with Crippen LogP contribution in [0.1, 0.15) is 45.5 Å². The lowest BCUT2D eigenvalue weighted by Crippen LogP contribution is -2.27. The number of rotatable bonds is 3. The quantitative estimate of drug-likeness (QED) is 0.793. The van der Waals surface area contributed by atoms with Crippen molar-refractivity contribution in [3.63, 3.8) is 0 Å². The molecule has 1 N–H and O–H groups in total. The standard InChI is InChI=1S/C18H19N5O2/c1-10-15(9-19-23(10)3)17(24)21-16-7-5-12-8-13(4-6-14(12)16)18-20-11(2)22-25-18/h4,6,8-9,16H,5,7H2,1-3H3,(H,21,24)/t16-/m1/s1. The van der Waals surface area contributed by atoms with Crippen LogP contribution in [0.3, 0.4) is 0 Å². The van der Waals surface area contributed by atoms with Crippen molar-refractivity contribution < 1.29 is 9.32 Å². The zero-order valence-electron chi connectivity index (χ0n) is 14.4. The Morgan fingerprint density at radius 1 is 1.36 bits per heavy atom. The van der Waals surface area contributed by atoms with E-state index in [0.29, 0.717) is 17.3 Å². The van der Waals surface area contributed by atoms with Gasteiger partial charge in [-0.05, 0) is 49.9 Å². The van der Waals surface area contributed by atoms with Crippen LogP contribution >= 0.6 is 0 Å². The van der Waals surface area contributed by atoms with Gasteiger partial charge in [0.15, 0.2) is 5.82 Å². The van der Waals surface area contributed by atoms with E-state index in [2.05, 4.69) is 26.6 Å². The van der Waals surface area contributed by atoms with Gasteiger partial charge in [0.1, 0.15) is 0 Å². The highest BCUT2D eigenvalue weighted by Gasteiger charge is 2.26. The summed E-state index contributed by atoms with van der Waals surface area (Å²) in [6.45, 7) is 3.69. The number of fused-ring (bicyclic) bond motifs is 1. The van der Waals surface area contributed by atoms with Crippen LogP contribution in [-0.2, 0) is 13.5 Å². The minimum absolute atomic E-state index is 0.0144. The van der Waals surface area contributed by atoms with Crippen LogP contribution in [0.4, 0.5) is 0 Å². The van der Waals surface area contributed by atoms with E-state index in [1.54, 1.807) is 17.8 Å². The average Bonchev–Trinajstić information content (AvgIpc) is 3.28. The molecule has 3 aromatic rings. The van der Waals surface area contributed by atoms with Gasteiger partial charge in [-0.1, -0.05) is 11.2 Å². The van der Waals surface area contributed by atoms with Gasteiger partial charge >= 0.3 is 0 Å². The van der Waals surface area contributed by atoms with Gasteiger partial charge in [0, 0.05) is 18.3 Å². The van der Waals surface area contributed by atoms with Crippen LogP contribution in [-0.4, -0.2) is 25.8 Å². The monoisotopic (exact) mass is 337 g/mol. The predicted molar refractivity (Wildman–Crippen MR) is 90.9 cm³/mol. The summed E-state index contributed by atoms with van der Waals surface area (Å²) in [5.74, 6) is 1.06. The van der Waals surface area contributed by atoms with E-state index in [0.717, 1.165) is 29.7 Å². The van der Waals surface area contributed by atoms with Crippen molar-refractivity contribution in [2.45, 2.75) is 32.7 Å². The molecule has 1 atom stereocenters. The molecule has 0 saturated heterocycles. The lowest BCUT2D eigenvalue weighted by molar-refractivity contribution is 0.0936. The fourth-order valence-electron chi connectivity index (χ4n) is 3.27. The van der Waals surface area contributed by atoms with E-state index >= 15 is 0 Å².